The molecule has 0 aliphatic heterocycles. The highest BCUT2D eigenvalue weighted by molar-refractivity contribution is 5.71. The van der Waals surface area contributed by atoms with Crippen molar-refractivity contribution >= 4 is 5.82 Å². The third-order valence-corrected chi connectivity index (χ3v) is 1.75. The van der Waals surface area contributed by atoms with Crippen molar-refractivity contribution in [3.8, 4) is 11.1 Å². The molecule has 0 saturated carbocycles. The molecule has 0 aliphatic rings. The van der Waals surface area contributed by atoms with E-state index < -0.39 is 0 Å². The second-order valence-electron chi connectivity index (χ2n) is 2.58. The van der Waals surface area contributed by atoms with Crippen LogP contribution in [0.4, 0.5) is 5.82 Å². The quantitative estimate of drug-likeness (QED) is 0.424. The molecule has 70 valence electrons. The number of H-pyrrole nitrogens is 1. The van der Waals surface area contributed by atoms with E-state index in [1.54, 1.807) is 18.6 Å². The summed E-state index contributed by atoms with van der Waals surface area (Å²) in [4.78, 5) is 4.04. The zero-order valence-corrected chi connectivity index (χ0v) is 7.25. The van der Waals surface area contributed by atoms with Gasteiger partial charge in [0.25, 0.3) is 0 Å². The van der Waals surface area contributed by atoms with Gasteiger partial charge in [0.1, 0.15) is 0 Å². The van der Waals surface area contributed by atoms with Crippen LogP contribution in [0.3, 0.4) is 0 Å². The number of aromatic amines is 1. The largest absolute Gasteiger partial charge is 0.305 e. The molecule has 2 heterocycles. The van der Waals surface area contributed by atoms with E-state index in [4.69, 9.17) is 5.84 Å². The predicted molar refractivity (Wildman–Crippen MR) is 50.5 cm³/mol. The molecule has 3 N–H and O–H groups in total. The maximum absolute atomic E-state index is 4.98. The first-order chi connectivity index (χ1) is 6.92. The highest BCUT2D eigenvalue weighted by atomic mass is 15.3. The number of hydrogen-bond donors (Lipinski definition) is 2. The molecule has 0 spiro atoms. The Bertz CT molecular complexity index is 433. The fraction of sp³-hybridized carbons (Fsp3) is 0. The third-order valence-electron chi connectivity index (χ3n) is 1.75. The minimum absolute atomic E-state index is 0.483. The monoisotopic (exact) mass is 188 g/mol. The second kappa shape index (κ2) is 3.65. The van der Waals surface area contributed by atoms with Gasteiger partial charge in [-0.2, -0.15) is 5.10 Å². The average Bonchev–Trinajstić information content (AvgIpc) is 2.72. The van der Waals surface area contributed by atoms with E-state index in [9.17, 15) is 0 Å². The Morgan fingerprint density at radius 3 is 3.07 bits per heavy atom. The number of nitrogens with one attached hydrogen (secondary N) is 1. The molecule has 2 aromatic rings. The highest BCUT2D eigenvalue weighted by Gasteiger charge is 2.05. The number of nitrogens with zero attached hydrogens (tertiary/aromatic N) is 4. The Morgan fingerprint density at radius 1 is 1.43 bits per heavy atom. The van der Waals surface area contributed by atoms with Crippen LogP contribution < -0.4 is 5.84 Å². The molecule has 6 nitrogen and oxygen atoms in total. The molecule has 2 aromatic heterocycles. The first-order valence-corrected chi connectivity index (χ1v) is 3.97. The Kier molecular flexibility index (Phi) is 2.18. The van der Waals surface area contributed by atoms with Crippen LogP contribution in [0.5, 0.6) is 0 Å². The molecule has 0 atom stereocenters. The Labute approximate surface area is 79.9 Å². The summed E-state index contributed by atoms with van der Waals surface area (Å²) in [6, 6.07) is 3.69. The van der Waals surface area contributed by atoms with E-state index in [0.29, 0.717) is 5.82 Å². The number of rotatable bonds is 2. The van der Waals surface area contributed by atoms with Crippen LogP contribution in [0.25, 0.3) is 11.1 Å². The molecule has 0 bridgehead atoms. The molecule has 0 radical (unpaired) electrons. The number of hydrogen-bond acceptors (Lipinski definition) is 4. The van der Waals surface area contributed by atoms with Gasteiger partial charge in [0.05, 0.1) is 6.20 Å². The van der Waals surface area contributed by atoms with Gasteiger partial charge in [0, 0.05) is 23.5 Å². The van der Waals surface area contributed by atoms with Crippen molar-refractivity contribution < 1.29 is 0 Å². The lowest BCUT2D eigenvalue weighted by molar-refractivity contribution is 1.03. The molecule has 0 unspecified atom stereocenters. The molecule has 0 saturated heterocycles. The lowest BCUT2D eigenvalue weighted by Gasteiger charge is -1.98. The molecule has 0 fully saturated rings. The van der Waals surface area contributed by atoms with Gasteiger partial charge < -0.3 is 5.84 Å². The maximum atomic E-state index is 4.98. The molecule has 0 amide bonds. The van der Waals surface area contributed by atoms with E-state index in [0.717, 1.165) is 11.1 Å². The highest BCUT2D eigenvalue weighted by Crippen LogP contribution is 2.26. The predicted octanol–water partition coefficient (Wildman–Crippen LogP) is 1.43. The van der Waals surface area contributed by atoms with Crippen LogP contribution in [0.1, 0.15) is 0 Å². The van der Waals surface area contributed by atoms with Gasteiger partial charge in [0.15, 0.2) is 5.82 Å². The lowest BCUT2D eigenvalue weighted by atomic mass is 10.1. The van der Waals surface area contributed by atoms with Crippen molar-refractivity contribution in [1.82, 2.24) is 15.2 Å². The molecule has 0 aromatic carbocycles. The minimum Gasteiger partial charge on any atom is -0.305 e. The number of pyridine rings is 1. The topological polar surface area (TPSA) is 92.3 Å². The summed E-state index contributed by atoms with van der Waals surface area (Å²) in [5.41, 5.74) is 1.75. The standard InChI is InChI=1S/C8H8N6/c9-14-13-8-7(2-1-3-10-8)6-4-11-12-5-6/h1-5H,(H,11,12)(H2,9,10,13). The van der Waals surface area contributed by atoms with Crippen molar-refractivity contribution in [3.63, 3.8) is 0 Å². The third kappa shape index (κ3) is 1.45. The fourth-order valence-corrected chi connectivity index (χ4v) is 1.15. The van der Waals surface area contributed by atoms with E-state index >= 15 is 0 Å². The molecular formula is C8H8N6. The smallest absolute Gasteiger partial charge is 0.184 e. The van der Waals surface area contributed by atoms with E-state index in [-0.39, 0.29) is 0 Å². The summed E-state index contributed by atoms with van der Waals surface area (Å²) < 4.78 is 0. The number of nitrogens with two attached hydrogens (primary N) is 1. The Morgan fingerprint density at radius 2 is 2.36 bits per heavy atom. The zero-order chi connectivity index (χ0) is 9.80. The van der Waals surface area contributed by atoms with Gasteiger partial charge in [0.2, 0.25) is 0 Å². The van der Waals surface area contributed by atoms with Gasteiger partial charge in [-0.05, 0) is 12.1 Å². The van der Waals surface area contributed by atoms with Gasteiger partial charge >= 0.3 is 0 Å². The lowest BCUT2D eigenvalue weighted by Crippen LogP contribution is -1.81. The Hall–Kier alpha value is -2.24. The summed E-state index contributed by atoms with van der Waals surface area (Å²) in [5, 5.41) is 13.5. The normalized spacial score (nSPS) is 10.9. The van der Waals surface area contributed by atoms with Gasteiger partial charge in [-0.15, -0.1) is 5.11 Å². The van der Waals surface area contributed by atoms with E-state index in [1.807, 2.05) is 12.1 Å². The van der Waals surface area contributed by atoms with Gasteiger partial charge in [-0.25, -0.2) is 4.98 Å². The summed E-state index contributed by atoms with van der Waals surface area (Å²) in [6.07, 6.45) is 5.08. The fourth-order valence-electron chi connectivity index (χ4n) is 1.15. The van der Waals surface area contributed by atoms with Crippen LogP contribution in [0, 0.1) is 0 Å². The SMILES string of the molecule is NN=Nc1ncccc1-c1cn[nH]c1. The van der Waals surface area contributed by atoms with Crippen molar-refractivity contribution in [2.24, 2.45) is 16.2 Å². The van der Waals surface area contributed by atoms with Crippen molar-refractivity contribution in [3.05, 3.63) is 30.7 Å². The Balaban J connectivity index is 2.52. The molecule has 2 rings (SSSR count). The summed E-state index contributed by atoms with van der Waals surface area (Å²) in [5.74, 6) is 5.46. The van der Waals surface area contributed by atoms with Crippen molar-refractivity contribution in [2.45, 2.75) is 0 Å². The van der Waals surface area contributed by atoms with Crippen molar-refractivity contribution in [1.29, 1.82) is 0 Å². The zero-order valence-electron chi connectivity index (χ0n) is 7.25. The van der Waals surface area contributed by atoms with Crippen LogP contribution in [0.2, 0.25) is 0 Å². The van der Waals surface area contributed by atoms with E-state index in [2.05, 4.69) is 25.5 Å². The van der Waals surface area contributed by atoms with Crippen LogP contribution in [-0.2, 0) is 0 Å². The average molecular weight is 188 g/mol. The van der Waals surface area contributed by atoms with Gasteiger partial charge in [-0.3, -0.25) is 5.10 Å². The molecular weight excluding hydrogens is 180 g/mol. The summed E-state index contributed by atoms with van der Waals surface area (Å²) in [6.45, 7) is 0. The molecule has 6 heteroatoms. The van der Waals surface area contributed by atoms with Crippen LogP contribution in [-0.4, -0.2) is 15.2 Å². The first-order valence-electron chi connectivity index (χ1n) is 3.97. The van der Waals surface area contributed by atoms with Crippen LogP contribution in [0.15, 0.2) is 41.1 Å². The van der Waals surface area contributed by atoms with Crippen molar-refractivity contribution in [2.75, 3.05) is 0 Å². The molecule has 0 aliphatic carbocycles. The second-order valence-corrected chi connectivity index (χ2v) is 2.58. The molecule has 14 heavy (non-hydrogen) atoms. The summed E-state index contributed by atoms with van der Waals surface area (Å²) >= 11 is 0. The van der Waals surface area contributed by atoms with Crippen LogP contribution >= 0.6 is 0 Å². The van der Waals surface area contributed by atoms with E-state index in [1.165, 1.54) is 0 Å². The minimum atomic E-state index is 0.483. The maximum Gasteiger partial charge on any atom is 0.184 e. The van der Waals surface area contributed by atoms with Gasteiger partial charge in [-0.1, -0.05) is 5.22 Å². The number of aromatic nitrogens is 3. The first kappa shape index (κ1) is 8.36. The summed E-state index contributed by atoms with van der Waals surface area (Å²) in [7, 11) is 0.